The van der Waals surface area contributed by atoms with Crippen molar-refractivity contribution in [3.05, 3.63) is 55.2 Å². The minimum atomic E-state index is -0.134. The van der Waals surface area contributed by atoms with Crippen molar-refractivity contribution >= 4 is 46.1 Å². The standard InChI is InChI=1S/C15H13Cl3S/c16-11-6-5-10(7-12(11)17)15(18)14-8-9-3-1-2-4-13(9)19-14/h5-8,15H,1-4H2. The van der Waals surface area contributed by atoms with Crippen LogP contribution < -0.4 is 0 Å². The molecule has 1 aromatic heterocycles. The molecule has 2 aromatic rings. The van der Waals surface area contributed by atoms with Crippen molar-refractivity contribution in [3.63, 3.8) is 0 Å². The molecule has 1 unspecified atom stereocenters. The van der Waals surface area contributed by atoms with Crippen LogP contribution in [0.4, 0.5) is 0 Å². The third-order valence-electron chi connectivity index (χ3n) is 3.50. The summed E-state index contributed by atoms with van der Waals surface area (Å²) in [4.78, 5) is 2.72. The summed E-state index contributed by atoms with van der Waals surface area (Å²) in [5, 5.41) is 0.997. The highest BCUT2D eigenvalue weighted by molar-refractivity contribution is 7.12. The van der Waals surface area contributed by atoms with Crippen LogP contribution in [0, 0.1) is 0 Å². The van der Waals surface area contributed by atoms with E-state index in [0.29, 0.717) is 10.0 Å². The monoisotopic (exact) mass is 330 g/mol. The van der Waals surface area contributed by atoms with Gasteiger partial charge in [0.25, 0.3) is 0 Å². The zero-order valence-electron chi connectivity index (χ0n) is 10.3. The molecule has 0 fully saturated rings. The number of rotatable bonds is 2. The van der Waals surface area contributed by atoms with E-state index in [-0.39, 0.29) is 5.38 Å². The van der Waals surface area contributed by atoms with Gasteiger partial charge in [0.15, 0.2) is 0 Å². The predicted octanol–water partition coefficient (Wildman–Crippen LogP) is 6.26. The predicted molar refractivity (Wildman–Crippen MR) is 85.1 cm³/mol. The van der Waals surface area contributed by atoms with Gasteiger partial charge in [0, 0.05) is 9.75 Å². The van der Waals surface area contributed by atoms with E-state index >= 15 is 0 Å². The Hall–Kier alpha value is -0.210. The van der Waals surface area contributed by atoms with Crippen molar-refractivity contribution in [1.29, 1.82) is 0 Å². The van der Waals surface area contributed by atoms with Crippen LogP contribution in [0.25, 0.3) is 0 Å². The van der Waals surface area contributed by atoms with Gasteiger partial charge in [-0.25, -0.2) is 0 Å². The van der Waals surface area contributed by atoms with Crippen molar-refractivity contribution in [2.24, 2.45) is 0 Å². The van der Waals surface area contributed by atoms with E-state index in [9.17, 15) is 0 Å². The molecule has 1 aliphatic carbocycles. The lowest BCUT2D eigenvalue weighted by atomic mass is 9.99. The van der Waals surface area contributed by atoms with Crippen LogP contribution in [-0.4, -0.2) is 0 Å². The minimum absolute atomic E-state index is 0.134. The number of halogens is 3. The van der Waals surface area contributed by atoms with E-state index in [1.54, 1.807) is 0 Å². The molecular weight excluding hydrogens is 319 g/mol. The molecule has 0 amide bonds. The second-order valence-corrected chi connectivity index (χ2v) is 7.26. The van der Waals surface area contributed by atoms with E-state index in [1.807, 2.05) is 29.5 Å². The summed E-state index contributed by atoms with van der Waals surface area (Å²) in [6.45, 7) is 0. The zero-order chi connectivity index (χ0) is 13.4. The first-order valence-corrected chi connectivity index (χ1v) is 8.36. The van der Waals surface area contributed by atoms with Crippen LogP contribution in [-0.2, 0) is 12.8 Å². The van der Waals surface area contributed by atoms with Crippen molar-refractivity contribution in [2.75, 3.05) is 0 Å². The maximum atomic E-state index is 6.58. The van der Waals surface area contributed by atoms with Gasteiger partial charge in [0.05, 0.1) is 15.4 Å². The minimum Gasteiger partial charge on any atom is -0.143 e. The number of hydrogen-bond acceptors (Lipinski definition) is 1. The highest BCUT2D eigenvalue weighted by Crippen LogP contribution is 2.39. The van der Waals surface area contributed by atoms with Gasteiger partial charge in [-0.2, -0.15) is 0 Å². The first kappa shape index (κ1) is 13.8. The number of hydrogen-bond donors (Lipinski definition) is 0. The number of aryl methyl sites for hydroxylation is 2. The van der Waals surface area contributed by atoms with Gasteiger partial charge in [-0.05, 0) is 55.0 Å². The average molecular weight is 332 g/mol. The number of benzene rings is 1. The maximum Gasteiger partial charge on any atom is 0.0928 e. The molecule has 0 radical (unpaired) electrons. The van der Waals surface area contributed by atoms with Crippen LogP contribution in [0.15, 0.2) is 24.3 Å². The smallest absolute Gasteiger partial charge is 0.0928 e. The van der Waals surface area contributed by atoms with Crippen molar-refractivity contribution in [3.8, 4) is 0 Å². The molecule has 0 bridgehead atoms. The Balaban J connectivity index is 1.92. The van der Waals surface area contributed by atoms with Crippen molar-refractivity contribution in [1.82, 2.24) is 0 Å². The second-order valence-electron chi connectivity index (χ2n) is 4.84. The van der Waals surface area contributed by atoms with Crippen LogP contribution in [0.3, 0.4) is 0 Å². The molecule has 100 valence electrons. The first-order valence-electron chi connectivity index (χ1n) is 6.35. The largest absolute Gasteiger partial charge is 0.143 e. The Labute approximate surface area is 132 Å². The van der Waals surface area contributed by atoms with Crippen LogP contribution in [0.2, 0.25) is 10.0 Å². The Morgan fingerprint density at radius 3 is 2.53 bits per heavy atom. The summed E-state index contributed by atoms with van der Waals surface area (Å²) in [7, 11) is 0. The van der Waals surface area contributed by atoms with E-state index in [0.717, 1.165) is 5.56 Å². The molecule has 3 rings (SSSR count). The quantitative estimate of drug-likeness (QED) is 0.569. The maximum absolute atomic E-state index is 6.58. The fraction of sp³-hybridized carbons (Fsp3) is 0.333. The lowest BCUT2D eigenvalue weighted by molar-refractivity contribution is 0.697. The molecular formula is C15H13Cl3S. The second kappa shape index (κ2) is 5.65. The van der Waals surface area contributed by atoms with Gasteiger partial charge >= 0.3 is 0 Å². The van der Waals surface area contributed by atoms with Crippen LogP contribution >= 0.6 is 46.1 Å². The third kappa shape index (κ3) is 2.80. The summed E-state index contributed by atoms with van der Waals surface area (Å²) in [6.07, 6.45) is 4.98. The number of thiophene rings is 1. The van der Waals surface area contributed by atoms with E-state index in [2.05, 4.69) is 6.07 Å². The summed E-state index contributed by atoms with van der Waals surface area (Å²) in [5.41, 5.74) is 2.49. The normalized spacial score (nSPS) is 16.2. The van der Waals surface area contributed by atoms with Gasteiger partial charge < -0.3 is 0 Å². The molecule has 1 atom stereocenters. The van der Waals surface area contributed by atoms with Gasteiger partial charge in [0.1, 0.15) is 0 Å². The van der Waals surface area contributed by atoms with E-state index < -0.39 is 0 Å². The number of fused-ring (bicyclic) bond motifs is 1. The highest BCUT2D eigenvalue weighted by Gasteiger charge is 2.19. The Morgan fingerprint density at radius 2 is 1.79 bits per heavy atom. The molecule has 1 aromatic carbocycles. The summed E-state index contributed by atoms with van der Waals surface area (Å²) in [6, 6.07) is 7.88. The van der Waals surface area contributed by atoms with Gasteiger partial charge in [0.2, 0.25) is 0 Å². The molecule has 0 N–H and O–H groups in total. The van der Waals surface area contributed by atoms with Crippen LogP contribution in [0.5, 0.6) is 0 Å². The molecule has 0 nitrogen and oxygen atoms in total. The van der Waals surface area contributed by atoms with Gasteiger partial charge in [-0.3, -0.25) is 0 Å². The number of alkyl halides is 1. The molecule has 1 heterocycles. The average Bonchev–Trinajstić information content (AvgIpc) is 2.85. The Kier molecular flexibility index (Phi) is 4.09. The molecule has 19 heavy (non-hydrogen) atoms. The molecule has 1 aliphatic rings. The Bertz CT molecular complexity index is 580. The van der Waals surface area contributed by atoms with Crippen LogP contribution in [0.1, 0.15) is 39.1 Å². The fourth-order valence-electron chi connectivity index (χ4n) is 2.47. The lowest BCUT2D eigenvalue weighted by Crippen LogP contribution is -1.96. The van der Waals surface area contributed by atoms with Crippen molar-refractivity contribution < 1.29 is 0 Å². The SMILES string of the molecule is Clc1ccc(C(Cl)c2cc3c(s2)CCCC3)cc1Cl. The van der Waals surface area contributed by atoms with Gasteiger partial charge in [-0.1, -0.05) is 29.3 Å². The molecule has 4 heteroatoms. The summed E-state index contributed by atoms with van der Waals surface area (Å²) in [5.74, 6) is 0. The van der Waals surface area contributed by atoms with E-state index in [1.165, 1.54) is 41.0 Å². The lowest BCUT2D eigenvalue weighted by Gasteiger charge is -2.08. The molecule has 0 aliphatic heterocycles. The Morgan fingerprint density at radius 1 is 1.00 bits per heavy atom. The van der Waals surface area contributed by atoms with E-state index in [4.69, 9.17) is 34.8 Å². The summed E-state index contributed by atoms with van der Waals surface area (Å²) >= 11 is 20.4. The first-order chi connectivity index (χ1) is 9.15. The molecule has 0 saturated heterocycles. The summed E-state index contributed by atoms with van der Waals surface area (Å²) < 4.78 is 0. The highest BCUT2D eigenvalue weighted by atomic mass is 35.5. The fourth-order valence-corrected chi connectivity index (χ4v) is 4.38. The molecule has 0 saturated carbocycles. The topological polar surface area (TPSA) is 0 Å². The van der Waals surface area contributed by atoms with Crippen molar-refractivity contribution in [2.45, 2.75) is 31.1 Å². The third-order valence-corrected chi connectivity index (χ3v) is 6.16. The molecule has 0 spiro atoms. The zero-order valence-corrected chi connectivity index (χ0v) is 13.3. The van der Waals surface area contributed by atoms with Gasteiger partial charge in [-0.15, -0.1) is 22.9 Å².